The van der Waals surface area contributed by atoms with E-state index < -0.39 is 0 Å². The Kier molecular flexibility index (Phi) is 7.84. The van der Waals surface area contributed by atoms with E-state index in [1.807, 2.05) is 41.2 Å². The molecule has 0 fully saturated rings. The van der Waals surface area contributed by atoms with E-state index in [1.165, 1.54) is 11.3 Å². The van der Waals surface area contributed by atoms with Crippen molar-refractivity contribution in [2.45, 2.75) is 24.8 Å². The fraction of sp³-hybridized carbons (Fsp3) is 0.318. The molecule has 0 spiro atoms. The predicted octanol–water partition coefficient (Wildman–Crippen LogP) is 3.92. The van der Waals surface area contributed by atoms with Crippen LogP contribution in [-0.4, -0.2) is 43.0 Å². The van der Waals surface area contributed by atoms with Gasteiger partial charge in [-0.2, -0.15) is 4.99 Å². The Morgan fingerprint density at radius 2 is 1.93 bits per heavy atom. The van der Waals surface area contributed by atoms with Gasteiger partial charge in [0.2, 0.25) is 0 Å². The first kappa shape index (κ1) is 22.3. The fourth-order valence-corrected chi connectivity index (χ4v) is 4.48. The zero-order valence-electron chi connectivity index (χ0n) is 17.2. The number of ether oxygens (including phenoxy) is 2. The Balaban J connectivity index is 1.94. The van der Waals surface area contributed by atoms with Crippen molar-refractivity contribution in [2.75, 3.05) is 26.6 Å². The molecule has 3 aromatic rings. The standard InChI is InChI=1S/C22H24N2O4S2/c1-4-28-21(26)16-7-10-18-19(14-16)30-22(24(18)11-12-27-2)23-20(25)13-15-5-8-17(29-3)9-6-15/h5-10,14H,4,11-13H2,1-3H3. The second-order valence-electron chi connectivity index (χ2n) is 6.46. The molecular weight excluding hydrogens is 420 g/mol. The molecule has 2 aromatic carbocycles. The summed E-state index contributed by atoms with van der Waals surface area (Å²) in [5, 5.41) is 0. The van der Waals surface area contributed by atoms with Crippen LogP contribution in [0.25, 0.3) is 10.2 Å². The van der Waals surface area contributed by atoms with Crippen molar-refractivity contribution >= 4 is 45.2 Å². The lowest BCUT2D eigenvalue weighted by molar-refractivity contribution is -0.117. The van der Waals surface area contributed by atoms with Gasteiger partial charge in [-0.1, -0.05) is 23.5 Å². The molecule has 8 heteroatoms. The van der Waals surface area contributed by atoms with Crippen molar-refractivity contribution in [3.8, 4) is 0 Å². The van der Waals surface area contributed by atoms with Gasteiger partial charge in [0.05, 0.1) is 35.4 Å². The molecule has 0 radical (unpaired) electrons. The van der Waals surface area contributed by atoms with E-state index in [4.69, 9.17) is 9.47 Å². The Hall–Kier alpha value is -2.42. The summed E-state index contributed by atoms with van der Waals surface area (Å²) in [4.78, 5) is 30.8. The highest BCUT2D eigenvalue weighted by atomic mass is 32.2. The Morgan fingerprint density at radius 1 is 1.17 bits per heavy atom. The summed E-state index contributed by atoms with van der Waals surface area (Å²) in [5.74, 6) is -0.574. The summed E-state index contributed by atoms with van der Waals surface area (Å²) in [6, 6.07) is 13.3. The third-order valence-corrected chi connectivity index (χ3v) is 6.23. The molecule has 0 saturated carbocycles. The quantitative estimate of drug-likeness (QED) is 0.389. The highest BCUT2D eigenvalue weighted by molar-refractivity contribution is 7.98. The SMILES string of the molecule is CCOC(=O)c1ccc2c(c1)sc(=NC(=O)Cc1ccc(SC)cc1)n2CCOC. The van der Waals surface area contributed by atoms with Crippen molar-refractivity contribution in [1.29, 1.82) is 0 Å². The number of fused-ring (bicyclic) bond motifs is 1. The third-order valence-electron chi connectivity index (χ3n) is 4.45. The first-order chi connectivity index (χ1) is 14.5. The van der Waals surface area contributed by atoms with Gasteiger partial charge in [0.1, 0.15) is 0 Å². The number of carbonyl (C=O) groups is 2. The molecule has 0 bridgehead atoms. The first-order valence-corrected chi connectivity index (χ1v) is 11.6. The average molecular weight is 445 g/mol. The molecule has 0 aliphatic rings. The molecular formula is C22H24N2O4S2. The van der Waals surface area contributed by atoms with Crippen LogP contribution in [0.15, 0.2) is 52.4 Å². The van der Waals surface area contributed by atoms with E-state index in [1.54, 1.807) is 37.9 Å². The Bertz CT molecular complexity index is 1100. The van der Waals surface area contributed by atoms with Gasteiger partial charge in [-0.15, -0.1) is 11.8 Å². The number of thiazole rings is 1. The van der Waals surface area contributed by atoms with Crippen molar-refractivity contribution in [3.05, 3.63) is 58.4 Å². The largest absolute Gasteiger partial charge is 0.462 e. The van der Waals surface area contributed by atoms with E-state index in [2.05, 4.69) is 4.99 Å². The van der Waals surface area contributed by atoms with Gasteiger partial charge >= 0.3 is 5.97 Å². The normalized spacial score (nSPS) is 11.8. The lowest BCUT2D eigenvalue weighted by atomic mass is 10.1. The summed E-state index contributed by atoms with van der Waals surface area (Å²) in [6.07, 6.45) is 2.25. The second kappa shape index (κ2) is 10.6. The molecule has 0 unspecified atom stereocenters. The van der Waals surface area contributed by atoms with Crippen LogP contribution >= 0.6 is 23.1 Å². The summed E-state index contributed by atoms with van der Waals surface area (Å²) >= 11 is 3.04. The van der Waals surface area contributed by atoms with Gasteiger partial charge in [0, 0.05) is 18.6 Å². The van der Waals surface area contributed by atoms with Gasteiger partial charge in [-0.25, -0.2) is 4.79 Å². The van der Waals surface area contributed by atoms with Crippen LogP contribution in [0, 0.1) is 0 Å². The number of rotatable bonds is 8. The maximum absolute atomic E-state index is 12.6. The van der Waals surface area contributed by atoms with Crippen molar-refractivity contribution in [1.82, 2.24) is 4.57 Å². The van der Waals surface area contributed by atoms with Gasteiger partial charge in [-0.05, 0) is 49.1 Å². The van der Waals surface area contributed by atoms with Gasteiger partial charge in [0.25, 0.3) is 5.91 Å². The number of esters is 1. The molecule has 6 nitrogen and oxygen atoms in total. The fourth-order valence-electron chi connectivity index (χ4n) is 2.96. The van der Waals surface area contributed by atoms with E-state index in [0.717, 1.165) is 20.7 Å². The van der Waals surface area contributed by atoms with E-state index in [9.17, 15) is 9.59 Å². The summed E-state index contributed by atoms with van der Waals surface area (Å²) in [6.45, 7) is 3.15. The van der Waals surface area contributed by atoms with Gasteiger partial charge < -0.3 is 14.0 Å². The lowest BCUT2D eigenvalue weighted by Crippen LogP contribution is -2.19. The molecule has 0 atom stereocenters. The minimum atomic E-state index is -0.362. The number of nitrogens with zero attached hydrogens (tertiary/aromatic N) is 2. The van der Waals surface area contributed by atoms with Crippen LogP contribution in [0.2, 0.25) is 0 Å². The molecule has 0 aliphatic carbocycles. The monoisotopic (exact) mass is 444 g/mol. The number of amides is 1. The molecule has 30 heavy (non-hydrogen) atoms. The third kappa shape index (κ3) is 5.38. The Morgan fingerprint density at radius 3 is 2.60 bits per heavy atom. The molecule has 1 heterocycles. The second-order valence-corrected chi connectivity index (χ2v) is 8.35. The molecule has 158 valence electrons. The maximum atomic E-state index is 12.6. The summed E-state index contributed by atoms with van der Waals surface area (Å²) in [7, 11) is 1.63. The van der Waals surface area contributed by atoms with Gasteiger partial charge in [-0.3, -0.25) is 4.79 Å². The molecule has 1 aromatic heterocycles. The smallest absolute Gasteiger partial charge is 0.338 e. The molecule has 3 rings (SSSR count). The molecule has 0 aliphatic heterocycles. The van der Waals surface area contributed by atoms with Crippen molar-refractivity contribution in [2.24, 2.45) is 4.99 Å². The number of hydrogen-bond donors (Lipinski definition) is 0. The number of carbonyl (C=O) groups excluding carboxylic acids is 2. The van der Waals surface area contributed by atoms with E-state index in [0.29, 0.717) is 30.1 Å². The van der Waals surface area contributed by atoms with Crippen LogP contribution in [0.1, 0.15) is 22.8 Å². The lowest BCUT2D eigenvalue weighted by Gasteiger charge is -2.05. The van der Waals surface area contributed by atoms with Crippen molar-refractivity contribution in [3.63, 3.8) is 0 Å². The summed E-state index contributed by atoms with van der Waals surface area (Å²) in [5.41, 5.74) is 2.31. The molecule has 0 saturated heterocycles. The topological polar surface area (TPSA) is 69.9 Å². The number of benzene rings is 2. The number of hydrogen-bond acceptors (Lipinski definition) is 6. The molecule has 1 amide bonds. The summed E-state index contributed by atoms with van der Waals surface area (Å²) < 4.78 is 13.1. The van der Waals surface area contributed by atoms with E-state index >= 15 is 0 Å². The zero-order valence-corrected chi connectivity index (χ0v) is 18.8. The van der Waals surface area contributed by atoms with Gasteiger partial charge in [0.15, 0.2) is 4.80 Å². The highest BCUT2D eigenvalue weighted by Gasteiger charge is 2.13. The maximum Gasteiger partial charge on any atom is 0.338 e. The average Bonchev–Trinajstić information content (AvgIpc) is 3.08. The minimum Gasteiger partial charge on any atom is -0.462 e. The zero-order chi connectivity index (χ0) is 21.5. The van der Waals surface area contributed by atoms with Crippen LogP contribution in [0.5, 0.6) is 0 Å². The van der Waals surface area contributed by atoms with Crippen LogP contribution < -0.4 is 4.80 Å². The molecule has 0 N–H and O–H groups in total. The number of methoxy groups -OCH3 is 1. The highest BCUT2D eigenvalue weighted by Crippen LogP contribution is 2.20. The first-order valence-electron chi connectivity index (χ1n) is 9.55. The van der Waals surface area contributed by atoms with Crippen LogP contribution in [-0.2, 0) is 27.2 Å². The number of thioether (sulfide) groups is 1. The van der Waals surface area contributed by atoms with Crippen LogP contribution in [0.3, 0.4) is 0 Å². The van der Waals surface area contributed by atoms with Crippen LogP contribution in [0.4, 0.5) is 0 Å². The predicted molar refractivity (Wildman–Crippen MR) is 120 cm³/mol. The van der Waals surface area contributed by atoms with Crippen molar-refractivity contribution < 1.29 is 19.1 Å². The Labute approximate surface area is 183 Å². The minimum absolute atomic E-state index is 0.213. The number of aromatic nitrogens is 1. The van der Waals surface area contributed by atoms with E-state index in [-0.39, 0.29) is 18.3 Å².